The summed E-state index contributed by atoms with van der Waals surface area (Å²) in [4.78, 5) is 12.2. The van der Waals surface area contributed by atoms with Crippen molar-refractivity contribution in [2.75, 3.05) is 13.2 Å². The van der Waals surface area contributed by atoms with Crippen LogP contribution in [0.15, 0.2) is 16.9 Å². The zero-order valence-electron chi connectivity index (χ0n) is 14.4. The van der Waals surface area contributed by atoms with Crippen LogP contribution >= 0.6 is 23.0 Å². The van der Waals surface area contributed by atoms with Crippen molar-refractivity contribution >= 4 is 23.0 Å². The number of ether oxygens (including phenoxy) is 1. The van der Waals surface area contributed by atoms with E-state index in [-0.39, 0.29) is 24.7 Å². The quantitative estimate of drug-likeness (QED) is 0.650. The van der Waals surface area contributed by atoms with Crippen LogP contribution in [0.1, 0.15) is 26.3 Å². The maximum atomic E-state index is 14.5. The van der Waals surface area contributed by atoms with Crippen LogP contribution in [0.2, 0.25) is 0 Å². The number of benzene rings is 1. The first-order valence-corrected chi connectivity index (χ1v) is 8.41. The summed E-state index contributed by atoms with van der Waals surface area (Å²) in [6.45, 7) is 5.31. The van der Waals surface area contributed by atoms with E-state index in [1.165, 1.54) is 19.2 Å². The highest BCUT2D eigenvalue weighted by Crippen LogP contribution is 2.32. The molecule has 0 spiro atoms. The molecule has 25 heavy (non-hydrogen) atoms. The summed E-state index contributed by atoms with van der Waals surface area (Å²) in [6, 6.07) is 2.73. The number of rotatable bonds is 6. The second-order valence-electron chi connectivity index (χ2n) is 6.55. The molecule has 0 saturated carbocycles. The molecule has 1 heterocycles. The average molecular weight is 466 g/mol. The van der Waals surface area contributed by atoms with Crippen molar-refractivity contribution in [1.82, 2.24) is 19.8 Å². The van der Waals surface area contributed by atoms with Gasteiger partial charge < -0.3 is 12.9 Å². The fourth-order valence-electron chi connectivity index (χ4n) is 2.15. The molecular formula is C15H20FIN4O4. The monoisotopic (exact) mass is 466 g/mol. The van der Waals surface area contributed by atoms with Gasteiger partial charge in [0, 0.05) is 13.1 Å². The fourth-order valence-corrected chi connectivity index (χ4v) is 2.46. The molecule has 8 nitrogen and oxygen atoms in total. The highest BCUT2D eigenvalue weighted by Gasteiger charge is 2.24. The van der Waals surface area contributed by atoms with Crippen molar-refractivity contribution in [2.24, 2.45) is 7.05 Å². The minimum atomic E-state index is -0.586. The smallest absolute Gasteiger partial charge is 0.368 e. The number of aliphatic hydroxyl groups is 1. The molecule has 0 radical (unpaired) electrons. The standard InChI is InChI=1S/C15H20FIN4O4/c1-15(2,3)10-5-12(21-14(23)20(4)18-19-21)13(6-11(10)16)24-8-9(7-22)25-17/h5-6,9,22H,7-8H2,1-4H3. The number of aryl methyl sites for hydroxylation is 1. The van der Waals surface area contributed by atoms with Gasteiger partial charge in [0.25, 0.3) is 0 Å². The van der Waals surface area contributed by atoms with Crippen LogP contribution in [0, 0.1) is 5.82 Å². The second kappa shape index (κ2) is 7.79. The van der Waals surface area contributed by atoms with Crippen molar-refractivity contribution in [3.05, 3.63) is 34.0 Å². The molecule has 138 valence electrons. The molecule has 1 aromatic carbocycles. The summed E-state index contributed by atoms with van der Waals surface area (Å²) >= 11 is 1.65. The van der Waals surface area contributed by atoms with Gasteiger partial charge in [0.05, 0.1) is 6.61 Å². The highest BCUT2D eigenvalue weighted by molar-refractivity contribution is 14.1. The number of halogens is 2. The molecule has 1 unspecified atom stereocenters. The van der Waals surface area contributed by atoms with Gasteiger partial charge in [0.1, 0.15) is 53.0 Å². The third-order valence-corrected chi connectivity index (χ3v) is 4.28. The Morgan fingerprint density at radius 2 is 2.04 bits per heavy atom. The summed E-state index contributed by atoms with van der Waals surface area (Å²) < 4.78 is 27.2. The van der Waals surface area contributed by atoms with E-state index >= 15 is 0 Å². The summed E-state index contributed by atoms with van der Waals surface area (Å²) in [7, 11) is 1.46. The summed E-state index contributed by atoms with van der Waals surface area (Å²) in [5, 5.41) is 16.7. The van der Waals surface area contributed by atoms with Gasteiger partial charge in [-0.05, 0) is 27.5 Å². The van der Waals surface area contributed by atoms with Crippen LogP contribution in [-0.4, -0.2) is 44.2 Å². The van der Waals surface area contributed by atoms with Gasteiger partial charge in [-0.15, -0.1) is 0 Å². The van der Waals surface area contributed by atoms with E-state index in [1.54, 1.807) is 23.0 Å². The van der Waals surface area contributed by atoms with Gasteiger partial charge >= 0.3 is 5.69 Å². The number of hydrogen-bond donors (Lipinski definition) is 1. The Bertz CT molecular complexity index is 796. The SMILES string of the molecule is Cn1nnn(-c2cc(C(C)(C)C)c(F)cc2OCC(CO)OI)c1=O. The van der Waals surface area contributed by atoms with E-state index in [0.29, 0.717) is 5.56 Å². The summed E-state index contributed by atoms with van der Waals surface area (Å²) in [5.41, 5.74) is -0.284. The maximum absolute atomic E-state index is 14.5. The van der Waals surface area contributed by atoms with Gasteiger partial charge in [0.2, 0.25) is 0 Å². The third-order valence-electron chi connectivity index (χ3n) is 3.56. The minimum absolute atomic E-state index is 0.0181. The van der Waals surface area contributed by atoms with Crippen molar-refractivity contribution in [1.29, 1.82) is 0 Å². The first kappa shape index (κ1) is 19.8. The fraction of sp³-hybridized carbons (Fsp3) is 0.533. The second-order valence-corrected chi connectivity index (χ2v) is 7.06. The van der Waals surface area contributed by atoms with Crippen molar-refractivity contribution in [3.63, 3.8) is 0 Å². The lowest BCUT2D eigenvalue weighted by atomic mass is 9.86. The Kier molecular flexibility index (Phi) is 6.16. The van der Waals surface area contributed by atoms with Crippen LogP contribution in [0.3, 0.4) is 0 Å². The van der Waals surface area contributed by atoms with E-state index < -0.39 is 23.0 Å². The number of hydrogen-bond acceptors (Lipinski definition) is 6. The summed E-state index contributed by atoms with van der Waals surface area (Å²) in [6.07, 6.45) is -0.586. The molecule has 0 amide bonds. The zero-order valence-corrected chi connectivity index (χ0v) is 16.5. The molecule has 2 rings (SSSR count). The highest BCUT2D eigenvalue weighted by atomic mass is 127. The van der Waals surface area contributed by atoms with Crippen molar-refractivity contribution in [3.8, 4) is 11.4 Å². The molecule has 0 aliphatic heterocycles. The van der Waals surface area contributed by atoms with Gasteiger partial charge in [-0.25, -0.2) is 9.18 Å². The van der Waals surface area contributed by atoms with Crippen LogP contribution in [0.4, 0.5) is 4.39 Å². The van der Waals surface area contributed by atoms with Crippen LogP contribution < -0.4 is 10.4 Å². The summed E-state index contributed by atoms with van der Waals surface area (Å²) in [5.74, 6) is -0.348. The molecule has 0 saturated heterocycles. The Morgan fingerprint density at radius 3 is 2.52 bits per heavy atom. The average Bonchev–Trinajstić information content (AvgIpc) is 2.87. The van der Waals surface area contributed by atoms with E-state index in [1.807, 2.05) is 20.8 Å². The zero-order chi connectivity index (χ0) is 18.8. The number of nitrogens with zero attached hydrogens (tertiary/aromatic N) is 4. The first-order valence-electron chi connectivity index (χ1n) is 7.53. The van der Waals surface area contributed by atoms with E-state index in [9.17, 15) is 14.3 Å². The molecular weight excluding hydrogens is 446 g/mol. The topological polar surface area (TPSA) is 91.4 Å². The van der Waals surface area contributed by atoms with Gasteiger partial charge in [-0.3, -0.25) is 0 Å². The molecule has 0 aliphatic carbocycles. The van der Waals surface area contributed by atoms with E-state index in [2.05, 4.69) is 10.4 Å². The van der Waals surface area contributed by atoms with Crippen molar-refractivity contribution in [2.45, 2.75) is 32.3 Å². The first-order chi connectivity index (χ1) is 11.7. The molecule has 0 aliphatic rings. The number of aliphatic hydroxyl groups excluding tert-OH is 1. The largest absolute Gasteiger partial charge is 0.488 e. The predicted octanol–water partition coefficient (Wildman–Crippen LogP) is 1.51. The lowest BCUT2D eigenvalue weighted by Gasteiger charge is -2.22. The molecule has 1 aromatic heterocycles. The molecule has 2 aromatic rings. The van der Waals surface area contributed by atoms with E-state index in [0.717, 1.165) is 9.36 Å². The lowest BCUT2D eigenvalue weighted by Crippen LogP contribution is -2.26. The van der Waals surface area contributed by atoms with Crippen LogP contribution in [0.5, 0.6) is 5.75 Å². The van der Waals surface area contributed by atoms with Crippen LogP contribution in [-0.2, 0) is 15.5 Å². The minimum Gasteiger partial charge on any atom is -0.488 e. The Hall–Kier alpha value is -1.53. The molecule has 1 N–H and O–H groups in total. The van der Waals surface area contributed by atoms with E-state index in [4.69, 9.17) is 7.80 Å². The lowest BCUT2D eigenvalue weighted by molar-refractivity contribution is 0.104. The maximum Gasteiger partial charge on any atom is 0.368 e. The predicted molar refractivity (Wildman–Crippen MR) is 96.7 cm³/mol. The Balaban J connectivity index is 2.55. The van der Waals surface area contributed by atoms with Gasteiger partial charge in [-0.2, -0.15) is 9.36 Å². The Labute approximate surface area is 158 Å². The number of aromatic nitrogens is 4. The molecule has 0 bridgehead atoms. The van der Waals surface area contributed by atoms with Gasteiger partial charge in [0.15, 0.2) is 0 Å². The van der Waals surface area contributed by atoms with Crippen LogP contribution in [0.25, 0.3) is 5.69 Å². The number of tetrazole rings is 1. The normalized spacial score (nSPS) is 13.1. The third kappa shape index (κ3) is 4.36. The van der Waals surface area contributed by atoms with Gasteiger partial charge in [-0.1, -0.05) is 20.8 Å². The Morgan fingerprint density at radius 1 is 1.36 bits per heavy atom. The van der Waals surface area contributed by atoms with Crippen molar-refractivity contribution < 1.29 is 17.3 Å². The molecule has 0 fully saturated rings. The molecule has 10 heteroatoms. The molecule has 1 atom stereocenters.